The minimum atomic E-state index is -0.692. The van der Waals surface area contributed by atoms with E-state index in [4.69, 9.17) is 17.3 Å². The number of aromatic amines is 1. The molecule has 0 aromatic carbocycles. The third-order valence-electron chi connectivity index (χ3n) is 3.67. The van der Waals surface area contributed by atoms with Gasteiger partial charge in [-0.15, -0.1) is 0 Å². The molecule has 9 heteroatoms. The highest BCUT2D eigenvalue weighted by atomic mass is 35.5. The Bertz CT molecular complexity index is 924. The number of hydrogen-bond donors (Lipinski definition) is 3. The molecule has 26 heavy (non-hydrogen) atoms. The summed E-state index contributed by atoms with van der Waals surface area (Å²) in [5, 5.41) is 9.76. The van der Waals surface area contributed by atoms with E-state index in [1.165, 1.54) is 0 Å². The average Bonchev–Trinajstić information content (AvgIpc) is 3.06. The van der Waals surface area contributed by atoms with E-state index in [0.29, 0.717) is 22.8 Å². The first-order valence-electron chi connectivity index (χ1n) is 7.73. The number of H-pyrrole nitrogens is 1. The van der Waals surface area contributed by atoms with E-state index in [1.54, 1.807) is 42.9 Å². The molecule has 132 valence electrons. The van der Waals surface area contributed by atoms with Gasteiger partial charge >= 0.3 is 0 Å². The lowest BCUT2D eigenvalue weighted by atomic mass is 10.1. The molecule has 0 saturated carbocycles. The van der Waals surface area contributed by atoms with Gasteiger partial charge in [-0.25, -0.2) is 4.98 Å². The van der Waals surface area contributed by atoms with Crippen molar-refractivity contribution in [3.8, 4) is 11.3 Å². The maximum Gasteiger partial charge on any atom is 0.254 e. The molecule has 0 aliphatic rings. The fraction of sp³-hybridized carbons (Fsp3) is 0.118. The molecular formula is C17H15ClN6O2. The molecule has 2 amide bonds. The fourth-order valence-electron chi connectivity index (χ4n) is 2.41. The number of aryl methyl sites for hydroxylation is 1. The maximum absolute atomic E-state index is 12.2. The second-order valence-electron chi connectivity index (χ2n) is 5.46. The number of halogens is 1. The van der Waals surface area contributed by atoms with Gasteiger partial charge in [0.1, 0.15) is 10.7 Å². The Morgan fingerprint density at radius 1 is 1.19 bits per heavy atom. The molecule has 8 nitrogen and oxygen atoms in total. The van der Waals surface area contributed by atoms with Crippen LogP contribution in [0.25, 0.3) is 11.3 Å². The van der Waals surface area contributed by atoms with Crippen molar-refractivity contribution in [3.05, 3.63) is 59.1 Å². The number of aromatic nitrogens is 4. The van der Waals surface area contributed by atoms with Crippen molar-refractivity contribution in [2.75, 3.05) is 5.32 Å². The molecule has 0 fully saturated rings. The lowest BCUT2D eigenvalue weighted by molar-refractivity contribution is -0.116. The van der Waals surface area contributed by atoms with Crippen LogP contribution in [0.3, 0.4) is 0 Å². The van der Waals surface area contributed by atoms with Crippen LogP contribution in [0.15, 0.2) is 42.9 Å². The fourth-order valence-corrected chi connectivity index (χ4v) is 2.52. The van der Waals surface area contributed by atoms with Crippen LogP contribution >= 0.6 is 11.6 Å². The molecule has 3 rings (SSSR count). The summed E-state index contributed by atoms with van der Waals surface area (Å²) in [6.07, 6.45) is 5.45. The summed E-state index contributed by atoms with van der Waals surface area (Å²) in [5.41, 5.74) is 7.58. The van der Waals surface area contributed by atoms with Gasteiger partial charge in [0.15, 0.2) is 5.82 Å². The lowest BCUT2D eigenvalue weighted by Gasteiger charge is -2.05. The van der Waals surface area contributed by atoms with Gasteiger partial charge in [0.05, 0.1) is 5.69 Å². The van der Waals surface area contributed by atoms with Crippen molar-refractivity contribution in [3.63, 3.8) is 0 Å². The quantitative estimate of drug-likeness (QED) is 0.573. The zero-order chi connectivity index (χ0) is 18.5. The van der Waals surface area contributed by atoms with Gasteiger partial charge in [-0.05, 0) is 30.2 Å². The van der Waals surface area contributed by atoms with Crippen LogP contribution in [-0.4, -0.2) is 32.0 Å². The van der Waals surface area contributed by atoms with E-state index < -0.39 is 5.91 Å². The Hall–Kier alpha value is -3.26. The van der Waals surface area contributed by atoms with E-state index in [2.05, 4.69) is 25.5 Å². The summed E-state index contributed by atoms with van der Waals surface area (Å²) in [6.45, 7) is 0. The first-order valence-corrected chi connectivity index (χ1v) is 8.11. The van der Waals surface area contributed by atoms with E-state index in [9.17, 15) is 9.59 Å². The third-order valence-corrected chi connectivity index (χ3v) is 3.89. The normalized spacial score (nSPS) is 10.5. The first kappa shape index (κ1) is 17.6. The zero-order valence-electron chi connectivity index (χ0n) is 13.6. The van der Waals surface area contributed by atoms with Crippen LogP contribution in [0.4, 0.5) is 5.82 Å². The van der Waals surface area contributed by atoms with Gasteiger partial charge in [-0.3, -0.25) is 19.7 Å². The second-order valence-corrected chi connectivity index (χ2v) is 5.85. The maximum atomic E-state index is 12.2. The number of rotatable bonds is 6. The van der Waals surface area contributed by atoms with Gasteiger partial charge in [0.2, 0.25) is 5.91 Å². The van der Waals surface area contributed by atoms with E-state index in [-0.39, 0.29) is 23.7 Å². The third kappa shape index (κ3) is 4.04. The SMILES string of the molecule is NC(=O)c1c(NC(=O)CCc2ccc(Cl)nc2)n[nH]c1-c1ccncc1. The minimum absolute atomic E-state index is 0.101. The monoisotopic (exact) mass is 370 g/mol. The number of anilines is 1. The van der Waals surface area contributed by atoms with Crippen molar-refractivity contribution in [1.29, 1.82) is 0 Å². The largest absolute Gasteiger partial charge is 0.365 e. The standard InChI is InChI=1S/C17H15ClN6O2/c18-12-3-1-10(9-21-12)2-4-13(25)22-17-14(16(19)26)15(23-24-17)11-5-7-20-8-6-11/h1,3,5-9H,2,4H2,(H2,19,26)(H2,22,23,24,25). The first-order chi connectivity index (χ1) is 12.5. The average molecular weight is 371 g/mol. The number of nitrogens with two attached hydrogens (primary N) is 1. The smallest absolute Gasteiger partial charge is 0.254 e. The van der Waals surface area contributed by atoms with Gasteiger partial charge in [-0.2, -0.15) is 5.10 Å². The number of carbonyl (C=O) groups is 2. The van der Waals surface area contributed by atoms with Gasteiger partial charge in [0, 0.05) is 30.6 Å². The number of pyridine rings is 2. The molecule has 4 N–H and O–H groups in total. The molecular weight excluding hydrogens is 356 g/mol. The molecule has 3 heterocycles. The predicted octanol–water partition coefficient (Wildman–Crippen LogP) is 2.19. The molecule has 0 saturated heterocycles. The highest BCUT2D eigenvalue weighted by Crippen LogP contribution is 2.26. The summed E-state index contributed by atoms with van der Waals surface area (Å²) in [6, 6.07) is 6.88. The van der Waals surface area contributed by atoms with Crippen molar-refractivity contribution in [2.24, 2.45) is 5.73 Å². The van der Waals surface area contributed by atoms with Crippen LogP contribution in [-0.2, 0) is 11.2 Å². The predicted molar refractivity (Wildman–Crippen MR) is 96.5 cm³/mol. The Morgan fingerprint density at radius 2 is 1.96 bits per heavy atom. The lowest BCUT2D eigenvalue weighted by Crippen LogP contribution is -2.18. The molecule has 3 aromatic rings. The minimum Gasteiger partial charge on any atom is -0.365 e. The highest BCUT2D eigenvalue weighted by Gasteiger charge is 2.21. The number of carbonyl (C=O) groups excluding carboxylic acids is 2. The van der Waals surface area contributed by atoms with E-state index in [1.807, 2.05) is 0 Å². The van der Waals surface area contributed by atoms with E-state index >= 15 is 0 Å². The topological polar surface area (TPSA) is 127 Å². The van der Waals surface area contributed by atoms with Crippen molar-refractivity contribution < 1.29 is 9.59 Å². The Balaban J connectivity index is 1.73. The molecule has 0 bridgehead atoms. The number of primary amides is 1. The summed E-state index contributed by atoms with van der Waals surface area (Å²) in [7, 11) is 0. The van der Waals surface area contributed by atoms with Crippen LogP contribution in [0.2, 0.25) is 5.15 Å². The summed E-state index contributed by atoms with van der Waals surface area (Å²) < 4.78 is 0. The Morgan fingerprint density at radius 3 is 2.62 bits per heavy atom. The summed E-state index contributed by atoms with van der Waals surface area (Å²) in [4.78, 5) is 31.9. The van der Waals surface area contributed by atoms with Crippen LogP contribution in [0.5, 0.6) is 0 Å². The second kappa shape index (κ2) is 7.75. The summed E-state index contributed by atoms with van der Waals surface area (Å²) in [5.74, 6) is -0.887. The van der Waals surface area contributed by atoms with Crippen LogP contribution in [0, 0.1) is 0 Å². The molecule has 3 aromatic heterocycles. The Labute approximate surface area is 153 Å². The number of nitrogens with zero attached hydrogens (tertiary/aromatic N) is 3. The summed E-state index contributed by atoms with van der Waals surface area (Å²) >= 11 is 5.73. The molecule has 0 aliphatic heterocycles. The van der Waals surface area contributed by atoms with Gasteiger partial charge in [-0.1, -0.05) is 17.7 Å². The van der Waals surface area contributed by atoms with Crippen molar-refractivity contribution >= 4 is 29.2 Å². The zero-order valence-corrected chi connectivity index (χ0v) is 14.3. The van der Waals surface area contributed by atoms with E-state index in [0.717, 1.165) is 5.56 Å². The molecule has 0 atom stereocenters. The molecule has 0 radical (unpaired) electrons. The van der Waals surface area contributed by atoms with Crippen molar-refractivity contribution in [1.82, 2.24) is 20.2 Å². The van der Waals surface area contributed by atoms with Crippen molar-refractivity contribution in [2.45, 2.75) is 12.8 Å². The number of nitrogens with one attached hydrogen (secondary N) is 2. The molecule has 0 unspecified atom stereocenters. The Kier molecular flexibility index (Phi) is 5.23. The van der Waals surface area contributed by atoms with Gasteiger partial charge in [0.25, 0.3) is 5.91 Å². The number of hydrogen-bond acceptors (Lipinski definition) is 5. The molecule has 0 aliphatic carbocycles. The van der Waals surface area contributed by atoms with Gasteiger partial charge < -0.3 is 11.1 Å². The molecule has 0 spiro atoms. The number of amides is 2. The van der Waals surface area contributed by atoms with Crippen LogP contribution < -0.4 is 11.1 Å². The highest BCUT2D eigenvalue weighted by molar-refractivity contribution is 6.29. The van der Waals surface area contributed by atoms with Crippen LogP contribution in [0.1, 0.15) is 22.3 Å².